The van der Waals surface area contributed by atoms with E-state index < -0.39 is 0 Å². The van der Waals surface area contributed by atoms with Crippen molar-refractivity contribution in [3.63, 3.8) is 0 Å². The normalized spacial score (nSPS) is 17.4. The summed E-state index contributed by atoms with van der Waals surface area (Å²) >= 11 is 0. The number of hydrogen-bond donors (Lipinski definition) is 2. The van der Waals surface area contributed by atoms with Crippen molar-refractivity contribution in [3.8, 4) is 0 Å². The van der Waals surface area contributed by atoms with Crippen molar-refractivity contribution in [3.05, 3.63) is 53.6 Å². The monoisotopic (exact) mass is 342 g/mol. The second-order valence-corrected chi connectivity index (χ2v) is 6.57. The summed E-state index contributed by atoms with van der Waals surface area (Å²) in [5.41, 5.74) is 1.93. The SMILES string of the molecule is Cn1ccnc1CN(CCO)C(=O)c1ccc(C2CCCNC2)cc1. The highest BCUT2D eigenvalue weighted by atomic mass is 16.3. The molecule has 0 radical (unpaired) electrons. The molecule has 0 bridgehead atoms. The van der Waals surface area contributed by atoms with Crippen molar-refractivity contribution in [1.29, 1.82) is 0 Å². The number of aliphatic hydroxyl groups excluding tert-OH is 1. The molecular weight excluding hydrogens is 316 g/mol. The lowest BCUT2D eigenvalue weighted by atomic mass is 9.91. The number of benzene rings is 1. The average Bonchev–Trinajstić information content (AvgIpc) is 3.06. The Morgan fingerprint density at radius 3 is 2.80 bits per heavy atom. The topological polar surface area (TPSA) is 70.4 Å². The van der Waals surface area contributed by atoms with Gasteiger partial charge in [0.15, 0.2) is 0 Å². The molecule has 1 unspecified atom stereocenters. The first-order valence-electron chi connectivity index (χ1n) is 8.86. The van der Waals surface area contributed by atoms with Gasteiger partial charge in [-0.05, 0) is 43.0 Å². The van der Waals surface area contributed by atoms with E-state index in [9.17, 15) is 9.90 Å². The largest absolute Gasteiger partial charge is 0.395 e. The fourth-order valence-electron chi connectivity index (χ4n) is 3.31. The molecule has 0 aliphatic carbocycles. The second-order valence-electron chi connectivity index (χ2n) is 6.57. The van der Waals surface area contributed by atoms with E-state index in [2.05, 4.69) is 22.4 Å². The van der Waals surface area contributed by atoms with Crippen LogP contribution in [0.3, 0.4) is 0 Å². The molecule has 1 aliphatic heterocycles. The molecule has 0 saturated carbocycles. The number of imidazole rings is 1. The number of amides is 1. The Morgan fingerprint density at radius 1 is 1.40 bits per heavy atom. The van der Waals surface area contributed by atoms with E-state index in [1.807, 2.05) is 29.9 Å². The lowest BCUT2D eigenvalue weighted by Crippen LogP contribution is -2.34. The molecule has 1 saturated heterocycles. The highest BCUT2D eigenvalue weighted by molar-refractivity contribution is 5.94. The summed E-state index contributed by atoms with van der Waals surface area (Å²) in [4.78, 5) is 18.7. The molecule has 25 heavy (non-hydrogen) atoms. The molecule has 6 heteroatoms. The summed E-state index contributed by atoms with van der Waals surface area (Å²) < 4.78 is 1.89. The zero-order valence-electron chi connectivity index (χ0n) is 14.7. The zero-order chi connectivity index (χ0) is 17.6. The van der Waals surface area contributed by atoms with Crippen LogP contribution < -0.4 is 5.32 Å². The minimum Gasteiger partial charge on any atom is -0.395 e. The lowest BCUT2D eigenvalue weighted by Gasteiger charge is -2.24. The maximum atomic E-state index is 12.8. The fourth-order valence-corrected chi connectivity index (χ4v) is 3.31. The maximum Gasteiger partial charge on any atom is 0.254 e. The average molecular weight is 342 g/mol. The molecule has 134 valence electrons. The van der Waals surface area contributed by atoms with Gasteiger partial charge in [-0.2, -0.15) is 0 Å². The summed E-state index contributed by atoms with van der Waals surface area (Å²) in [5.74, 6) is 1.25. The van der Waals surface area contributed by atoms with Crippen LogP contribution in [0.25, 0.3) is 0 Å². The number of aromatic nitrogens is 2. The van der Waals surface area contributed by atoms with E-state index in [4.69, 9.17) is 0 Å². The van der Waals surface area contributed by atoms with Gasteiger partial charge in [-0.1, -0.05) is 12.1 Å². The molecule has 2 aromatic rings. The van der Waals surface area contributed by atoms with Crippen molar-refractivity contribution in [2.24, 2.45) is 7.05 Å². The van der Waals surface area contributed by atoms with Crippen molar-refractivity contribution in [2.45, 2.75) is 25.3 Å². The van der Waals surface area contributed by atoms with Gasteiger partial charge in [0.2, 0.25) is 0 Å². The van der Waals surface area contributed by atoms with Crippen LogP contribution in [0, 0.1) is 0 Å². The maximum absolute atomic E-state index is 12.8. The first-order chi connectivity index (χ1) is 12.2. The lowest BCUT2D eigenvalue weighted by molar-refractivity contribution is 0.0701. The van der Waals surface area contributed by atoms with E-state index in [0.717, 1.165) is 18.9 Å². The summed E-state index contributed by atoms with van der Waals surface area (Å²) in [5, 5.41) is 12.7. The number of aryl methyl sites for hydroxylation is 1. The van der Waals surface area contributed by atoms with Crippen LogP contribution >= 0.6 is 0 Å². The van der Waals surface area contributed by atoms with Crippen LogP contribution in [-0.2, 0) is 13.6 Å². The fraction of sp³-hybridized carbons (Fsp3) is 0.474. The van der Waals surface area contributed by atoms with Crippen molar-refractivity contribution in [2.75, 3.05) is 26.2 Å². The third-order valence-corrected chi connectivity index (χ3v) is 4.84. The third-order valence-electron chi connectivity index (χ3n) is 4.84. The van der Waals surface area contributed by atoms with Crippen LogP contribution in [0.15, 0.2) is 36.7 Å². The molecule has 0 spiro atoms. The number of rotatable bonds is 6. The van der Waals surface area contributed by atoms with Crippen LogP contribution in [0.5, 0.6) is 0 Å². The van der Waals surface area contributed by atoms with Crippen LogP contribution in [0.2, 0.25) is 0 Å². The Labute approximate surface area is 148 Å². The molecule has 1 aromatic carbocycles. The molecule has 2 heterocycles. The Hall–Kier alpha value is -2.18. The Kier molecular flexibility index (Phi) is 5.83. The van der Waals surface area contributed by atoms with Gasteiger partial charge < -0.3 is 19.9 Å². The summed E-state index contributed by atoms with van der Waals surface area (Å²) in [6, 6.07) is 7.91. The van der Waals surface area contributed by atoms with E-state index >= 15 is 0 Å². The number of piperidine rings is 1. The molecule has 1 aliphatic rings. The van der Waals surface area contributed by atoms with Gasteiger partial charge in [0.05, 0.1) is 13.2 Å². The molecule has 1 atom stereocenters. The molecule has 6 nitrogen and oxygen atoms in total. The minimum absolute atomic E-state index is 0.0675. The Balaban J connectivity index is 1.71. The molecule has 1 aromatic heterocycles. The van der Waals surface area contributed by atoms with Crippen molar-refractivity contribution < 1.29 is 9.90 Å². The van der Waals surface area contributed by atoms with Crippen LogP contribution in [-0.4, -0.2) is 51.7 Å². The van der Waals surface area contributed by atoms with E-state index in [0.29, 0.717) is 24.6 Å². The minimum atomic E-state index is -0.0784. The van der Waals surface area contributed by atoms with E-state index in [-0.39, 0.29) is 12.5 Å². The summed E-state index contributed by atoms with van der Waals surface area (Å²) in [7, 11) is 1.90. The molecule has 1 fully saturated rings. The number of carbonyl (C=O) groups is 1. The highest BCUT2D eigenvalue weighted by Crippen LogP contribution is 2.23. The van der Waals surface area contributed by atoms with Gasteiger partial charge in [-0.15, -0.1) is 0 Å². The number of nitrogens with one attached hydrogen (secondary N) is 1. The smallest absolute Gasteiger partial charge is 0.254 e. The number of aliphatic hydroxyl groups is 1. The predicted molar refractivity (Wildman–Crippen MR) is 96.3 cm³/mol. The zero-order valence-corrected chi connectivity index (χ0v) is 14.7. The number of carbonyl (C=O) groups excluding carboxylic acids is 1. The predicted octanol–water partition coefficient (Wildman–Crippen LogP) is 1.52. The van der Waals surface area contributed by atoms with Gasteiger partial charge in [0, 0.05) is 38.1 Å². The Bertz CT molecular complexity index is 690. The van der Waals surface area contributed by atoms with Crippen molar-refractivity contribution >= 4 is 5.91 Å². The number of nitrogens with zero attached hydrogens (tertiary/aromatic N) is 3. The highest BCUT2D eigenvalue weighted by Gasteiger charge is 2.19. The molecule has 2 N–H and O–H groups in total. The summed E-state index contributed by atoms with van der Waals surface area (Å²) in [6.45, 7) is 2.71. The van der Waals surface area contributed by atoms with Gasteiger partial charge in [0.25, 0.3) is 5.91 Å². The van der Waals surface area contributed by atoms with Gasteiger partial charge in [0.1, 0.15) is 5.82 Å². The van der Waals surface area contributed by atoms with Crippen LogP contribution in [0.1, 0.15) is 40.5 Å². The first-order valence-corrected chi connectivity index (χ1v) is 8.86. The second kappa shape index (κ2) is 8.27. The quantitative estimate of drug-likeness (QED) is 0.835. The van der Waals surface area contributed by atoms with E-state index in [1.165, 1.54) is 18.4 Å². The molecular formula is C19H26N4O2. The third kappa shape index (κ3) is 4.27. The van der Waals surface area contributed by atoms with Gasteiger partial charge >= 0.3 is 0 Å². The number of hydrogen-bond acceptors (Lipinski definition) is 4. The van der Waals surface area contributed by atoms with Crippen molar-refractivity contribution in [1.82, 2.24) is 19.8 Å². The summed E-state index contributed by atoms with van der Waals surface area (Å²) in [6.07, 6.45) is 5.95. The van der Waals surface area contributed by atoms with Gasteiger partial charge in [-0.25, -0.2) is 4.98 Å². The van der Waals surface area contributed by atoms with E-state index in [1.54, 1.807) is 11.1 Å². The Morgan fingerprint density at radius 2 is 2.20 bits per heavy atom. The first kappa shape index (κ1) is 17.6. The van der Waals surface area contributed by atoms with Gasteiger partial charge in [-0.3, -0.25) is 4.79 Å². The standard InChI is InChI=1S/C19H26N4O2/c1-22-10-9-21-18(22)14-23(11-12-24)19(25)16-6-4-15(5-7-16)17-3-2-8-20-13-17/h4-7,9-10,17,20,24H,2-3,8,11-14H2,1H3. The van der Waals surface area contributed by atoms with Crippen LogP contribution in [0.4, 0.5) is 0 Å². The molecule has 3 rings (SSSR count). The molecule has 1 amide bonds.